The normalized spacial score (nSPS) is 17.9. The zero-order chi connectivity index (χ0) is 17.9. The molecule has 3 heterocycles. The second-order valence-corrected chi connectivity index (χ2v) is 6.52. The van der Waals surface area contributed by atoms with E-state index in [2.05, 4.69) is 15.3 Å². The molecule has 1 fully saturated rings. The molecule has 1 unspecified atom stereocenters. The third kappa shape index (κ3) is 3.12. The second-order valence-electron chi connectivity index (χ2n) is 6.52. The van der Waals surface area contributed by atoms with Crippen LogP contribution in [0.2, 0.25) is 0 Å². The van der Waals surface area contributed by atoms with Crippen LogP contribution in [0.15, 0.2) is 47.0 Å². The molecule has 1 saturated heterocycles. The van der Waals surface area contributed by atoms with Gasteiger partial charge in [0.05, 0.1) is 0 Å². The average molecular weight is 351 g/mol. The van der Waals surface area contributed by atoms with Gasteiger partial charge >= 0.3 is 0 Å². The first-order valence-corrected chi connectivity index (χ1v) is 8.92. The van der Waals surface area contributed by atoms with Crippen LogP contribution < -0.4 is 0 Å². The third-order valence-electron chi connectivity index (χ3n) is 4.80. The van der Waals surface area contributed by atoms with Crippen LogP contribution in [0.1, 0.15) is 48.1 Å². The molecule has 0 aliphatic carbocycles. The van der Waals surface area contributed by atoms with Crippen LogP contribution in [0, 0.1) is 0 Å². The Morgan fingerprint density at radius 3 is 2.73 bits per heavy atom. The lowest BCUT2D eigenvalue weighted by molar-refractivity contribution is 0.0641. The Balaban J connectivity index is 1.65. The van der Waals surface area contributed by atoms with E-state index in [9.17, 15) is 4.79 Å². The number of carbonyl (C=O) groups is 1. The van der Waals surface area contributed by atoms with E-state index in [1.54, 1.807) is 24.0 Å². The molecule has 1 aromatic carbocycles. The highest BCUT2D eigenvalue weighted by Gasteiger charge is 2.32. The molecule has 0 radical (unpaired) electrons. The van der Waals surface area contributed by atoms with E-state index < -0.39 is 0 Å². The second kappa shape index (κ2) is 7.11. The molecule has 7 nitrogen and oxygen atoms in total. The quantitative estimate of drug-likeness (QED) is 0.724. The smallest absolute Gasteiger partial charge is 0.272 e. The topological polar surface area (TPSA) is 77.1 Å². The number of aromatic nitrogens is 4. The zero-order valence-electron chi connectivity index (χ0n) is 14.7. The number of amides is 1. The number of nitrogens with zero attached hydrogens (tertiary/aromatic N) is 5. The summed E-state index contributed by atoms with van der Waals surface area (Å²) < 4.78 is 7.56. The van der Waals surface area contributed by atoms with Gasteiger partial charge in [0.1, 0.15) is 11.7 Å². The van der Waals surface area contributed by atoms with Crippen molar-refractivity contribution in [1.82, 2.24) is 24.9 Å². The molecule has 0 saturated carbocycles. The van der Waals surface area contributed by atoms with Crippen molar-refractivity contribution in [2.24, 2.45) is 7.05 Å². The molecule has 134 valence electrons. The number of hydrogen-bond donors (Lipinski definition) is 0. The van der Waals surface area contributed by atoms with Gasteiger partial charge in [0.2, 0.25) is 11.8 Å². The Morgan fingerprint density at radius 2 is 1.96 bits per heavy atom. The van der Waals surface area contributed by atoms with Gasteiger partial charge in [0.15, 0.2) is 0 Å². The summed E-state index contributed by atoms with van der Waals surface area (Å²) in [6.45, 7) is 0.678. The van der Waals surface area contributed by atoms with Gasteiger partial charge in [-0.15, -0.1) is 10.2 Å². The third-order valence-corrected chi connectivity index (χ3v) is 4.80. The van der Waals surface area contributed by atoms with E-state index in [1.165, 1.54) is 0 Å². The maximum atomic E-state index is 13.1. The van der Waals surface area contributed by atoms with E-state index in [-0.39, 0.29) is 11.9 Å². The predicted molar refractivity (Wildman–Crippen MR) is 95.2 cm³/mol. The monoisotopic (exact) mass is 351 g/mol. The van der Waals surface area contributed by atoms with E-state index in [0.717, 1.165) is 31.2 Å². The van der Waals surface area contributed by atoms with Crippen molar-refractivity contribution in [3.63, 3.8) is 0 Å². The molecule has 3 aromatic rings. The summed E-state index contributed by atoms with van der Waals surface area (Å²) in [6, 6.07) is 11.2. The van der Waals surface area contributed by atoms with Crippen molar-refractivity contribution < 1.29 is 9.21 Å². The first kappa shape index (κ1) is 16.5. The van der Waals surface area contributed by atoms with E-state index >= 15 is 0 Å². The van der Waals surface area contributed by atoms with Crippen LogP contribution in [0.5, 0.6) is 0 Å². The Labute approximate surface area is 151 Å². The molecule has 0 N–H and O–H groups in total. The predicted octanol–water partition coefficient (Wildman–Crippen LogP) is 3.23. The van der Waals surface area contributed by atoms with Gasteiger partial charge in [-0.2, -0.15) is 5.10 Å². The van der Waals surface area contributed by atoms with Crippen LogP contribution in [0.3, 0.4) is 0 Å². The number of benzene rings is 1. The highest BCUT2D eigenvalue weighted by atomic mass is 16.4. The van der Waals surface area contributed by atoms with Gasteiger partial charge in [-0.3, -0.25) is 9.48 Å². The first-order valence-electron chi connectivity index (χ1n) is 8.92. The Hall–Kier alpha value is -2.96. The number of rotatable bonds is 3. The number of likely N-dealkylation sites (tertiary alicyclic amines) is 1. The lowest BCUT2D eigenvalue weighted by Gasteiger charge is -2.27. The van der Waals surface area contributed by atoms with Crippen LogP contribution >= 0.6 is 0 Å². The van der Waals surface area contributed by atoms with Gasteiger partial charge in [0.25, 0.3) is 5.91 Å². The van der Waals surface area contributed by atoms with Crippen molar-refractivity contribution >= 4 is 5.91 Å². The summed E-state index contributed by atoms with van der Waals surface area (Å²) in [5, 5.41) is 12.6. The molecule has 2 aromatic heterocycles. The zero-order valence-corrected chi connectivity index (χ0v) is 14.7. The van der Waals surface area contributed by atoms with Gasteiger partial charge in [-0.1, -0.05) is 31.0 Å². The lowest BCUT2D eigenvalue weighted by atomic mass is 10.1. The average Bonchev–Trinajstić information content (AvgIpc) is 3.25. The standard InChI is InChI=1S/C19H21N5O2/c1-23-16(11-12-20-23)19(25)24-13-7-3-6-10-15(24)18-22-21-17(26-18)14-8-4-2-5-9-14/h2,4-5,8-9,11-12,15H,3,6-7,10,13H2,1H3. The van der Waals surface area contributed by atoms with Gasteiger partial charge in [0, 0.05) is 25.4 Å². The van der Waals surface area contributed by atoms with Crippen LogP contribution in [-0.4, -0.2) is 37.3 Å². The largest absolute Gasteiger partial charge is 0.418 e. The Morgan fingerprint density at radius 1 is 1.12 bits per heavy atom. The molecule has 4 rings (SSSR count). The SMILES string of the molecule is Cn1nccc1C(=O)N1CCCCCC1c1nnc(-c2ccccc2)o1. The Bertz CT molecular complexity index is 886. The van der Waals surface area contributed by atoms with E-state index in [1.807, 2.05) is 35.2 Å². The minimum atomic E-state index is -0.204. The van der Waals surface area contributed by atoms with Gasteiger partial charge in [-0.25, -0.2) is 0 Å². The van der Waals surface area contributed by atoms with Crippen molar-refractivity contribution in [3.05, 3.63) is 54.2 Å². The minimum absolute atomic E-state index is 0.0450. The van der Waals surface area contributed by atoms with Gasteiger partial charge in [-0.05, 0) is 31.0 Å². The summed E-state index contributed by atoms with van der Waals surface area (Å²) in [7, 11) is 1.78. The molecule has 1 amide bonds. The summed E-state index contributed by atoms with van der Waals surface area (Å²) in [5.74, 6) is 0.940. The molecule has 1 aliphatic heterocycles. The van der Waals surface area contributed by atoms with Crippen molar-refractivity contribution in [2.75, 3.05) is 6.54 Å². The maximum Gasteiger partial charge on any atom is 0.272 e. The van der Waals surface area contributed by atoms with Crippen molar-refractivity contribution in [1.29, 1.82) is 0 Å². The summed E-state index contributed by atoms with van der Waals surface area (Å²) in [6.07, 6.45) is 5.55. The van der Waals surface area contributed by atoms with Crippen LogP contribution in [0.4, 0.5) is 0 Å². The highest BCUT2D eigenvalue weighted by Crippen LogP contribution is 2.32. The molecular formula is C19H21N5O2. The van der Waals surface area contributed by atoms with E-state index in [0.29, 0.717) is 24.0 Å². The van der Waals surface area contributed by atoms with Gasteiger partial charge < -0.3 is 9.32 Å². The summed E-state index contributed by atoms with van der Waals surface area (Å²) >= 11 is 0. The van der Waals surface area contributed by atoms with E-state index in [4.69, 9.17) is 4.42 Å². The summed E-state index contributed by atoms with van der Waals surface area (Å²) in [4.78, 5) is 14.9. The number of aryl methyl sites for hydroxylation is 1. The molecule has 7 heteroatoms. The molecule has 0 spiro atoms. The summed E-state index contributed by atoms with van der Waals surface area (Å²) in [5.41, 5.74) is 1.45. The fourth-order valence-electron chi connectivity index (χ4n) is 3.41. The number of carbonyl (C=O) groups excluding carboxylic acids is 1. The fourth-order valence-corrected chi connectivity index (χ4v) is 3.41. The lowest BCUT2D eigenvalue weighted by Crippen LogP contribution is -2.36. The van der Waals surface area contributed by atoms with Crippen molar-refractivity contribution in [2.45, 2.75) is 31.7 Å². The molecular weight excluding hydrogens is 330 g/mol. The van der Waals surface area contributed by atoms with Crippen LogP contribution in [0.25, 0.3) is 11.5 Å². The molecule has 26 heavy (non-hydrogen) atoms. The molecule has 1 atom stereocenters. The molecule has 1 aliphatic rings. The Kier molecular flexibility index (Phi) is 4.51. The maximum absolute atomic E-state index is 13.1. The molecule has 0 bridgehead atoms. The highest BCUT2D eigenvalue weighted by molar-refractivity contribution is 5.92. The fraction of sp³-hybridized carbons (Fsp3) is 0.368. The first-order chi connectivity index (χ1) is 12.7. The van der Waals surface area contributed by atoms with Crippen molar-refractivity contribution in [3.8, 4) is 11.5 Å². The van der Waals surface area contributed by atoms with Crippen LogP contribution in [-0.2, 0) is 7.05 Å². The number of hydrogen-bond acceptors (Lipinski definition) is 5. The minimum Gasteiger partial charge on any atom is -0.418 e.